The van der Waals surface area contributed by atoms with Gasteiger partial charge < -0.3 is 11.5 Å². The Morgan fingerprint density at radius 1 is 1.04 bits per heavy atom. The van der Waals surface area contributed by atoms with Crippen molar-refractivity contribution in [2.24, 2.45) is 11.5 Å². The van der Waals surface area contributed by atoms with E-state index in [2.05, 4.69) is 15.1 Å². The summed E-state index contributed by atoms with van der Waals surface area (Å²) in [5.41, 5.74) is 14.7. The van der Waals surface area contributed by atoms with Gasteiger partial charge in [0.05, 0.1) is 23.1 Å². The molecule has 0 bridgehead atoms. The number of fused-ring (bicyclic) bond motifs is 1. The number of benzene rings is 1. The summed E-state index contributed by atoms with van der Waals surface area (Å²) in [5.74, 6) is -0.0519. The summed E-state index contributed by atoms with van der Waals surface area (Å²) in [4.78, 5) is 20.2. The Hall–Kier alpha value is -3.58. The van der Waals surface area contributed by atoms with Crippen LogP contribution in [0.4, 0.5) is 0 Å². The highest BCUT2D eigenvalue weighted by Gasteiger charge is 2.11. The zero-order chi connectivity index (χ0) is 18.1. The smallest absolute Gasteiger partial charge is 0.267 e. The second-order valence-corrected chi connectivity index (χ2v) is 5.79. The SMILES string of the molecule is NCc1cccc(-c2ccc3cnn(-c4cccc(C(N)=O)n4)c3c2)n1. The fraction of sp³-hybridized carbons (Fsp3) is 0.0526. The molecule has 128 valence electrons. The average molecular weight is 344 g/mol. The molecule has 4 N–H and O–H groups in total. The molecule has 0 aliphatic carbocycles. The molecule has 3 heterocycles. The summed E-state index contributed by atoms with van der Waals surface area (Å²) in [6.07, 6.45) is 1.75. The molecule has 0 radical (unpaired) electrons. The molecular formula is C19H16N6O. The third kappa shape index (κ3) is 2.80. The van der Waals surface area contributed by atoms with Crippen LogP contribution in [0.5, 0.6) is 0 Å². The van der Waals surface area contributed by atoms with Crippen LogP contribution in [0.3, 0.4) is 0 Å². The van der Waals surface area contributed by atoms with E-state index in [1.54, 1.807) is 29.1 Å². The van der Waals surface area contributed by atoms with Crippen molar-refractivity contribution in [2.45, 2.75) is 6.54 Å². The van der Waals surface area contributed by atoms with Crippen molar-refractivity contribution in [3.8, 4) is 17.1 Å². The first-order valence-electron chi connectivity index (χ1n) is 8.07. The molecule has 3 aromatic heterocycles. The largest absolute Gasteiger partial charge is 0.364 e. The average Bonchev–Trinajstić information content (AvgIpc) is 3.11. The first-order valence-corrected chi connectivity index (χ1v) is 8.07. The zero-order valence-corrected chi connectivity index (χ0v) is 13.8. The third-order valence-electron chi connectivity index (χ3n) is 4.09. The fourth-order valence-corrected chi connectivity index (χ4v) is 2.79. The van der Waals surface area contributed by atoms with E-state index >= 15 is 0 Å². The third-order valence-corrected chi connectivity index (χ3v) is 4.09. The van der Waals surface area contributed by atoms with Crippen molar-refractivity contribution in [1.29, 1.82) is 0 Å². The molecule has 0 aliphatic heterocycles. The van der Waals surface area contributed by atoms with Crippen molar-refractivity contribution in [2.75, 3.05) is 0 Å². The van der Waals surface area contributed by atoms with Crippen molar-refractivity contribution < 1.29 is 4.79 Å². The molecule has 7 heteroatoms. The molecule has 7 nitrogen and oxygen atoms in total. The second-order valence-electron chi connectivity index (χ2n) is 5.79. The van der Waals surface area contributed by atoms with Gasteiger partial charge in [-0.3, -0.25) is 9.78 Å². The van der Waals surface area contributed by atoms with E-state index in [9.17, 15) is 4.79 Å². The molecule has 0 saturated heterocycles. The van der Waals surface area contributed by atoms with Gasteiger partial charge in [-0.25, -0.2) is 9.67 Å². The highest BCUT2D eigenvalue weighted by molar-refractivity contribution is 5.91. The molecule has 1 aromatic carbocycles. The maximum atomic E-state index is 11.4. The molecule has 4 aromatic rings. The van der Waals surface area contributed by atoms with Crippen molar-refractivity contribution in [1.82, 2.24) is 19.7 Å². The number of nitrogens with two attached hydrogens (primary N) is 2. The summed E-state index contributed by atoms with van der Waals surface area (Å²) < 4.78 is 1.68. The molecule has 0 unspecified atom stereocenters. The molecule has 0 saturated carbocycles. The van der Waals surface area contributed by atoms with Crippen LogP contribution < -0.4 is 11.5 Å². The number of carbonyl (C=O) groups excluding carboxylic acids is 1. The molecule has 1 amide bonds. The molecule has 0 fully saturated rings. The van der Waals surface area contributed by atoms with Crippen molar-refractivity contribution in [3.05, 3.63) is 72.2 Å². The van der Waals surface area contributed by atoms with Gasteiger partial charge in [-0.2, -0.15) is 5.10 Å². The minimum Gasteiger partial charge on any atom is -0.364 e. The zero-order valence-electron chi connectivity index (χ0n) is 13.8. The second kappa shape index (κ2) is 6.38. The van der Waals surface area contributed by atoms with Crippen molar-refractivity contribution in [3.63, 3.8) is 0 Å². The number of rotatable bonds is 4. The maximum Gasteiger partial charge on any atom is 0.267 e. The monoisotopic (exact) mass is 344 g/mol. The fourth-order valence-electron chi connectivity index (χ4n) is 2.79. The summed E-state index contributed by atoms with van der Waals surface area (Å²) in [6.45, 7) is 0.387. The van der Waals surface area contributed by atoms with Crippen molar-refractivity contribution >= 4 is 16.8 Å². The van der Waals surface area contributed by atoms with Crippen LogP contribution in [0.1, 0.15) is 16.2 Å². The number of hydrogen-bond donors (Lipinski definition) is 2. The lowest BCUT2D eigenvalue weighted by Crippen LogP contribution is -2.14. The van der Waals surface area contributed by atoms with Crippen LogP contribution in [0.25, 0.3) is 28.0 Å². The summed E-state index contributed by atoms with van der Waals surface area (Å²) in [6, 6.07) is 16.8. The highest BCUT2D eigenvalue weighted by atomic mass is 16.1. The van der Waals surface area contributed by atoms with Gasteiger partial charge in [0.15, 0.2) is 5.82 Å². The van der Waals surface area contributed by atoms with Gasteiger partial charge in [0.2, 0.25) is 0 Å². The first kappa shape index (κ1) is 15.9. The number of hydrogen-bond acceptors (Lipinski definition) is 5. The van der Waals surface area contributed by atoms with E-state index in [0.29, 0.717) is 12.4 Å². The number of carbonyl (C=O) groups is 1. The lowest BCUT2D eigenvalue weighted by molar-refractivity contribution is 0.0995. The van der Waals surface area contributed by atoms with Gasteiger partial charge >= 0.3 is 0 Å². The van der Waals surface area contributed by atoms with E-state index < -0.39 is 5.91 Å². The Balaban J connectivity index is 1.85. The number of pyridine rings is 2. The predicted molar refractivity (Wildman–Crippen MR) is 98.5 cm³/mol. The van der Waals surface area contributed by atoms with Crippen LogP contribution in [0.2, 0.25) is 0 Å². The number of nitrogens with zero attached hydrogens (tertiary/aromatic N) is 4. The Bertz CT molecular complexity index is 1120. The first-order chi connectivity index (χ1) is 12.7. The number of aromatic nitrogens is 4. The molecule has 0 spiro atoms. The number of primary amides is 1. The number of amides is 1. The van der Waals surface area contributed by atoms with E-state index in [-0.39, 0.29) is 5.69 Å². The van der Waals surface area contributed by atoms with Gasteiger partial charge in [0, 0.05) is 17.5 Å². The predicted octanol–water partition coefficient (Wildman–Crippen LogP) is 2.04. The quantitative estimate of drug-likeness (QED) is 0.588. The Kier molecular flexibility index (Phi) is 3.91. The Labute approximate surface area is 149 Å². The molecule has 4 rings (SSSR count). The van der Waals surface area contributed by atoms with Crippen LogP contribution in [0.15, 0.2) is 60.8 Å². The van der Waals surface area contributed by atoms with Gasteiger partial charge in [0.1, 0.15) is 5.69 Å². The maximum absolute atomic E-state index is 11.4. The molecule has 0 aliphatic rings. The topological polar surface area (TPSA) is 113 Å². The molecule has 0 atom stereocenters. The van der Waals surface area contributed by atoms with Crippen LogP contribution in [-0.4, -0.2) is 25.7 Å². The van der Waals surface area contributed by atoms with Crippen LogP contribution >= 0.6 is 0 Å². The van der Waals surface area contributed by atoms with Gasteiger partial charge in [-0.15, -0.1) is 0 Å². The summed E-state index contributed by atoms with van der Waals surface area (Å²) in [7, 11) is 0. The lowest BCUT2D eigenvalue weighted by atomic mass is 10.1. The normalized spacial score (nSPS) is 11.0. The van der Waals surface area contributed by atoms with Gasteiger partial charge in [-0.05, 0) is 30.3 Å². The highest BCUT2D eigenvalue weighted by Crippen LogP contribution is 2.24. The lowest BCUT2D eigenvalue weighted by Gasteiger charge is -2.06. The molecule has 26 heavy (non-hydrogen) atoms. The Morgan fingerprint density at radius 2 is 1.88 bits per heavy atom. The van der Waals surface area contributed by atoms with Gasteiger partial charge in [-0.1, -0.05) is 24.3 Å². The Morgan fingerprint density at radius 3 is 2.69 bits per heavy atom. The minimum atomic E-state index is -0.577. The standard InChI is InChI=1S/C19H16N6O/c20-10-14-3-1-4-15(23-14)12-7-8-13-11-22-25(17(13)9-12)18-6-2-5-16(24-18)19(21)26/h1-9,11H,10,20H2,(H2,21,26). The summed E-state index contributed by atoms with van der Waals surface area (Å²) >= 11 is 0. The summed E-state index contributed by atoms with van der Waals surface area (Å²) in [5, 5.41) is 5.35. The van der Waals surface area contributed by atoms with E-state index in [1.807, 2.05) is 36.4 Å². The molecular weight excluding hydrogens is 328 g/mol. The van der Waals surface area contributed by atoms with E-state index in [1.165, 1.54) is 0 Å². The minimum absolute atomic E-state index is 0.194. The van der Waals surface area contributed by atoms with Crippen LogP contribution in [0, 0.1) is 0 Å². The van der Waals surface area contributed by atoms with E-state index in [0.717, 1.165) is 27.9 Å². The van der Waals surface area contributed by atoms with Crippen LogP contribution in [-0.2, 0) is 6.54 Å². The van der Waals surface area contributed by atoms with Gasteiger partial charge in [0.25, 0.3) is 5.91 Å². The van der Waals surface area contributed by atoms with E-state index in [4.69, 9.17) is 11.5 Å².